The maximum atomic E-state index is 11.7. The smallest absolute Gasteiger partial charge is 0.257 e. The van der Waals surface area contributed by atoms with Gasteiger partial charge in [0.15, 0.2) is 6.61 Å². The normalized spacial score (nSPS) is 14.3. The number of rotatable bonds is 8. The molecular weight excluding hydrogens is 318 g/mol. The summed E-state index contributed by atoms with van der Waals surface area (Å²) in [5.41, 5.74) is 6.30. The van der Waals surface area contributed by atoms with E-state index in [4.69, 9.17) is 10.5 Å². The quantitative estimate of drug-likeness (QED) is 0.670. The fourth-order valence-corrected chi connectivity index (χ4v) is 1.89. The first-order valence-corrected chi connectivity index (χ1v) is 7.60. The van der Waals surface area contributed by atoms with Crippen LogP contribution >= 0.6 is 12.4 Å². The summed E-state index contributed by atoms with van der Waals surface area (Å²) < 4.78 is 5.43. The highest BCUT2D eigenvalue weighted by Gasteiger charge is 2.29. The number of hydrogen-bond donors (Lipinski definition) is 3. The van der Waals surface area contributed by atoms with E-state index in [1.165, 1.54) is 0 Å². The molecule has 0 radical (unpaired) electrons. The monoisotopic (exact) mass is 341 g/mol. The van der Waals surface area contributed by atoms with Crippen LogP contribution in [-0.2, 0) is 9.59 Å². The number of halogens is 1. The van der Waals surface area contributed by atoms with Gasteiger partial charge in [-0.2, -0.15) is 0 Å². The minimum atomic E-state index is -0.187. The number of nitrogens with one attached hydrogen (secondary N) is 2. The molecule has 1 unspecified atom stereocenters. The summed E-state index contributed by atoms with van der Waals surface area (Å²) in [6.07, 6.45) is 2.65. The fourth-order valence-electron chi connectivity index (χ4n) is 1.89. The molecule has 2 rings (SSSR count). The largest absolute Gasteiger partial charge is 0.484 e. The van der Waals surface area contributed by atoms with E-state index in [1.807, 2.05) is 6.92 Å². The Balaban J connectivity index is 0.00000264. The summed E-state index contributed by atoms with van der Waals surface area (Å²) in [5, 5.41) is 5.59. The third kappa shape index (κ3) is 7.34. The van der Waals surface area contributed by atoms with E-state index in [0.717, 1.165) is 19.3 Å². The average molecular weight is 342 g/mol. The van der Waals surface area contributed by atoms with Crippen molar-refractivity contribution in [2.75, 3.05) is 18.5 Å². The molecule has 1 aliphatic rings. The summed E-state index contributed by atoms with van der Waals surface area (Å²) in [6.45, 7) is 2.38. The van der Waals surface area contributed by atoms with Gasteiger partial charge in [-0.1, -0.05) is 6.07 Å². The van der Waals surface area contributed by atoms with Gasteiger partial charge in [-0.25, -0.2) is 0 Å². The molecule has 1 saturated carbocycles. The molecule has 128 valence electrons. The molecule has 0 heterocycles. The van der Waals surface area contributed by atoms with Crippen LogP contribution < -0.4 is 21.1 Å². The molecule has 0 bridgehead atoms. The van der Waals surface area contributed by atoms with Crippen LogP contribution in [0.2, 0.25) is 0 Å². The number of benzene rings is 1. The summed E-state index contributed by atoms with van der Waals surface area (Å²) in [4.78, 5) is 23.3. The molecule has 23 heavy (non-hydrogen) atoms. The van der Waals surface area contributed by atoms with Crippen molar-refractivity contribution in [2.45, 2.75) is 32.2 Å². The number of carbonyl (C=O) groups is 2. The lowest BCUT2D eigenvalue weighted by Gasteiger charge is -2.10. The van der Waals surface area contributed by atoms with Crippen molar-refractivity contribution in [3.05, 3.63) is 24.3 Å². The molecule has 1 aromatic rings. The van der Waals surface area contributed by atoms with E-state index in [-0.39, 0.29) is 42.8 Å². The van der Waals surface area contributed by atoms with Crippen LogP contribution in [0.25, 0.3) is 0 Å². The van der Waals surface area contributed by atoms with Crippen LogP contribution in [0.15, 0.2) is 24.3 Å². The Morgan fingerprint density at radius 3 is 2.78 bits per heavy atom. The minimum Gasteiger partial charge on any atom is -0.484 e. The zero-order chi connectivity index (χ0) is 15.9. The van der Waals surface area contributed by atoms with E-state index in [2.05, 4.69) is 10.6 Å². The van der Waals surface area contributed by atoms with Crippen molar-refractivity contribution in [1.29, 1.82) is 0 Å². The second kappa shape index (κ2) is 9.37. The topological polar surface area (TPSA) is 93.4 Å². The van der Waals surface area contributed by atoms with Gasteiger partial charge in [-0.15, -0.1) is 12.4 Å². The number of carbonyl (C=O) groups excluding carboxylic acids is 2. The van der Waals surface area contributed by atoms with Crippen LogP contribution in [0.1, 0.15) is 26.2 Å². The molecule has 0 saturated heterocycles. The minimum absolute atomic E-state index is 0. The third-order valence-corrected chi connectivity index (χ3v) is 3.34. The van der Waals surface area contributed by atoms with Gasteiger partial charge < -0.3 is 21.1 Å². The molecule has 0 aliphatic heterocycles. The van der Waals surface area contributed by atoms with Crippen molar-refractivity contribution in [2.24, 2.45) is 11.7 Å². The molecule has 1 fully saturated rings. The van der Waals surface area contributed by atoms with E-state index in [9.17, 15) is 9.59 Å². The van der Waals surface area contributed by atoms with Gasteiger partial charge in [0.25, 0.3) is 5.91 Å². The molecular formula is C16H24ClN3O3. The van der Waals surface area contributed by atoms with Crippen molar-refractivity contribution < 1.29 is 14.3 Å². The second-order valence-electron chi connectivity index (χ2n) is 5.70. The van der Waals surface area contributed by atoms with Crippen LogP contribution in [-0.4, -0.2) is 31.0 Å². The first kappa shape index (κ1) is 19.3. The molecule has 0 aromatic heterocycles. The van der Waals surface area contributed by atoms with E-state index in [1.54, 1.807) is 24.3 Å². The van der Waals surface area contributed by atoms with Crippen molar-refractivity contribution in [1.82, 2.24) is 5.32 Å². The van der Waals surface area contributed by atoms with Gasteiger partial charge in [0, 0.05) is 30.3 Å². The molecule has 7 heteroatoms. The average Bonchev–Trinajstić information content (AvgIpc) is 3.30. The fraction of sp³-hybridized carbons (Fsp3) is 0.500. The summed E-state index contributed by atoms with van der Waals surface area (Å²) >= 11 is 0. The number of hydrogen-bond acceptors (Lipinski definition) is 4. The highest BCUT2D eigenvalue weighted by Crippen LogP contribution is 2.30. The van der Waals surface area contributed by atoms with Crippen LogP contribution in [0, 0.1) is 5.92 Å². The van der Waals surface area contributed by atoms with Crippen molar-refractivity contribution >= 4 is 29.9 Å². The van der Waals surface area contributed by atoms with Crippen LogP contribution in [0.3, 0.4) is 0 Å². The number of nitrogens with two attached hydrogens (primary N) is 1. The highest BCUT2D eigenvalue weighted by atomic mass is 35.5. The van der Waals surface area contributed by atoms with Gasteiger partial charge in [0.1, 0.15) is 5.75 Å². The zero-order valence-corrected chi connectivity index (χ0v) is 14.0. The predicted octanol–water partition coefficient (Wildman–Crippen LogP) is 1.69. The number of anilines is 1. The molecule has 1 aliphatic carbocycles. The van der Waals surface area contributed by atoms with Crippen molar-refractivity contribution in [3.63, 3.8) is 0 Å². The van der Waals surface area contributed by atoms with Crippen molar-refractivity contribution in [3.8, 4) is 5.75 Å². The zero-order valence-electron chi connectivity index (χ0n) is 13.2. The molecule has 1 aromatic carbocycles. The van der Waals surface area contributed by atoms with Gasteiger partial charge in [0.2, 0.25) is 5.91 Å². The Labute approximate surface area is 142 Å². The number of amides is 2. The van der Waals surface area contributed by atoms with Crippen LogP contribution in [0.4, 0.5) is 5.69 Å². The maximum Gasteiger partial charge on any atom is 0.257 e. The first-order chi connectivity index (χ1) is 10.5. The lowest BCUT2D eigenvalue weighted by atomic mass is 10.2. The highest BCUT2D eigenvalue weighted by molar-refractivity contribution is 5.94. The lowest BCUT2D eigenvalue weighted by Crippen LogP contribution is -2.32. The molecule has 4 N–H and O–H groups in total. The Hall–Kier alpha value is -1.79. The summed E-state index contributed by atoms with van der Waals surface area (Å²) in [6, 6.07) is 7.12. The van der Waals surface area contributed by atoms with Crippen LogP contribution in [0.5, 0.6) is 5.75 Å². The van der Waals surface area contributed by atoms with Gasteiger partial charge >= 0.3 is 0 Å². The lowest BCUT2D eigenvalue weighted by molar-refractivity contribution is -0.123. The predicted molar refractivity (Wildman–Crippen MR) is 91.8 cm³/mol. The Morgan fingerprint density at radius 1 is 1.39 bits per heavy atom. The molecule has 2 amide bonds. The Kier molecular flexibility index (Phi) is 7.85. The third-order valence-electron chi connectivity index (χ3n) is 3.34. The maximum absolute atomic E-state index is 11.7. The second-order valence-corrected chi connectivity index (χ2v) is 5.70. The van der Waals surface area contributed by atoms with Gasteiger partial charge in [0.05, 0.1) is 0 Å². The van der Waals surface area contributed by atoms with Gasteiger partial charge in [-0.3, -0.25) is 9.59 Å². The van der Waals surface area contributed by atoms with Gasteiger partial charge in [-0.05, 0) is 38.3 Å². The molecule has 6 nitrogen and oxygen atoms in total. The Bertz CT molecular complexity index is 533. The Morgan fingerprint density at radius 2 is 2.13 bits per heavy atom. The van der Waals surface area contributed by atoms with E-state index in [0.29, 0.717) is 18.0 Å². The van der Waals surface area contributed by atoms with E-state index < -0.39 is 0 Å². The molecule has 0 spiro atoms. The molecule has 1 atom stereocenters. The SMILES string of the molecule is CC(N)CCNC(=O)COc1cccc(NC(=O)C2CC2)c1.Cl. The van der Waals surface area contributed by atoms with E-state index >= 15 is 0 Å². The summed E-state index contributed by atoms with van der Waals surface area (Å²) in [7, 11) is 0. The first-order valence-electron chi connectivity index (χ1n) is 7.60. The standard InChI is InChI=1S/C16H23N3O3.ClH/c1-11(17)7-8-18-15(20)10-22-14-4-2-3-13(9-14)19-16(21)12-5-6-12;/h2-4,9,11-12H,5-8,10,17H2,1H3,(H,18,20)(H,19,21);1H. The number of ether oxygens (including phenoxy) is 1. The summed E-state index contributed by atoms with van der Waals surface area (Å²) in [5.74, 6) is 0.565.